The number of nitrogens with zero attached hydrogens (tertiary/aromatic N) is 3. The van der Waals surface area contributed by atoms with Crippen LogP contribution in [0.3, 0.4) is 0 Å². The van der Waals surface area contributed by atoms with Gasteiger partial charge in [0.25, 0.3) is 0 Å². The Labute approximate surface area is 220 Å². The van der Waals surface area contributed by atoms with Crippen molar-refractivity contribution >= 4 is 52.3 Å². The molecule has 2 aliphatic rings. The Morgan fingerprint density at radius 1 is 1.03 bits per heavy atom. The highest BCUT2D eigenvalue weighted by Crippen LogP contribution is 2.23. The Kier molecular flexibility index (Phi) is 8.56. The van der Waals surface area contributed by atoms with Crippen LogP contribution in [0.1, 0.15) is 6.42 Å². The maximum absolute atomic E-state index is 13.2. The minimum Gasteiger partial charge on any atom is -0.497 e. The summed E-state index contributed by atoms with van der Waals surface area (Å²) in [5.41, 5.74) is 1.54. The molecule has 1 atom stereocenters. The van der Waals surface area contributed by atoms with Crippen LogP contribution >= 0.6 is 23.2 Å². The zero-order valence-electron chi connectivity index (χ0n) is 20.0. The van der Waals surface area contributed by atoms with Crippen molar-refractivity contribution in [1.82, 2.24) is 15.1 Å². The lowest BCUT2D eigenvalue weighted by Gasteiger charge is -2.39. The number of hydrogen-bond acceptors (Lipinski definition) is 6. The van der Waals surface area contributed by atoms with Gasteiger partial charge in [-0.05, 0) is 42.5 Å². The van der Waals surface area contributed by atoms with E-state index in [-0.39, 0.29) is 24.8 Å². The fraction of sp³-hybridized carbons (Fsp3) is 0.400. The van der Waals surface area contributed by atoms with Gasteiger partial charge in [0, 0.05) is 60.7 Å². The molecule has 11 heteroatoms. The van der Waals surface area contributed by atoms with Gasteiger partial charge in [0.1, 0.15) is 11.8 Å². The van der Waals surface area contributed by atoms with Crippen LogP contribution in [0.25, 0.3) is 0 Å². The van der Waals surface area contributed by atoms with Gasteiger partial charge in [0.2, 0.25) is 17.7 Å². The number of halogens is 2. The molecule has 2 heterocycles. The standard InChI is InChI=1S/C25H29Cl2N5O4/c1-36-21-4-2-20(3-5-21)31-10-8-30(9-11-31)16-24(34)32-7-6-28-25(35)22(32)15-23(33)29-19-13-17(26)12-18(27)14-19/h2-5,12-14,22H,6-11,15-16H2,1H3,(H,28,35)(H,29,33)/t22-/m0/s1. The molecule has 0 radical (unpaired) electrons. The van der Waals surface area contributed by atoms with Crippen molar-refractivity contribution in [2.75, 3.05) is 63.1 Å². The third kappa shape index (κ3) is 6.60. The normalized spacial score (nSPS) is 18.5. The lowest BCUT2D eigenvalue weighted by molar-refractivity contribution is -0.145. The molecule has 192 valence electrons. The van der Waals surface area contributed by atoms with Gasteiger partial charge in [0.05, 0.1) is 20.1 Å². The number of carbonyl (C=O) groups excluding carboxylic acids is 3. The van der Waals surface area contributed by atoms with Crippen LogP contribution < -0.4 is 20.3 Å². The highest BCUT2D eigenvalue weighted by molar-refractivity contribution is 6.35. The van der Waals surface area contributed by atoms with Crippen molar-refractivity contribution in [3.05, 3.63) is 52.5 Å². The first-order valence-corrected chi connectivity index (χ1v) is 12.5. The van der Waals surface area contributed by atoms with Gasteiger partial charge in [-0.1, -0.05) is 23.2 Å². The number of carbonyl (C=O) groups is 3. The van der Waals surface area contributed by atoms with Crippen molar-refractivity contribution in [3.63, 3.8) is 0 Å². The molecule has 0 bridgehead atoms. The Hall–Kier alpha value is -3.01. The molecule has 9 nitrogen and oxygen atoms in total. The Morgan fingerprint density at radius 3 is 2.33 bits per heavy atom. The van der Waals surface area contributed by atoms with Gasteiger partial charge < -0.3 is 25.2 Å². The highest BCUT2D eigenvalue weighted by atomic mass is 35.5. The summed E-state index contributed by atoms with van der Waals surface area (Å²) in [7, 11) is 1.64. The van der Waals surface area contributed by atoms with Crippen LogP contribution in [0, 0.1) is 0 Å². The predicted molar refractivity (Wildman–Crippen MR) is 140 cm³/mol. The molecule has 0 aliphatic carbocycles. The third-order valence-electron chi connectivity index (χ3n) is 6.34. The van der Waals surface area contributed by atoms with Crippen LogP contribution in [0.2, 0.25) is 10.0 Å². The molecule has 0 unspecified atom stereocenters. The second-order valence-corrected chi connectivity index (χ2v) is 9.64. The van der Waals surface area contributed by atoms with E-state index in [1.165, 1.54) is 4.90 Å². The van der Waals surface area contributed by atoms with E-state index >= 15 is 0 Å². The van der Waals surface area contributed by atoms with E-state index in [0.29, 0.717) is 28.8 Å². The molecule has 4 rings (SSSR count). The van der Waals surface area contributed by atoms with Crippen molar-refractivity contribution in [1.29, 1.82) is 0 Å². The molecule has 2 N–H and O–H groups in total. The molecular formula is C25H29Cl2N5O4. The summed E-state index contributed by atoms with van der Waals surface area (Å²) >= 11 is 12.0. The molecule has 0 saturated carbocycles. The minimum atomic E-state index is -0.874. The first kappa shape index (κ1) is 26.1. The van der Waals surface area contributed by atoms with E-state index < -0.39 is 11.9 Å². The molecule has 2 saturated heterocycles. The Balaban J connectivity index is 1.32. The maximum atomic E-state index is 13.2. The van der Waals surface area contributed by atoms with Crippen LogP contribution in [0.15, 0.2) is 42.5 Å². The summed E-state index contributed by atoms with van der Waals surface area (Å²) in [4.78, 5) is 44.3. The van der Waals surface area contributed by atoms with E-state index in [1.807, 2.05) is 24.3 Å². The number of ether oxygens (including phenoxy) is 1. The number of piperazine rings is 2. The zero-order chi connectivity index (χ0) is 25.7. The average molecular weight is 534 g/mol. The van der Waals surface area contributed by atoms with Gasteiger partial charge in [-0.25, -0.2) is 0 Å². The number of anilines is 2. The SMILES string of the molecule is COc1ccc(N2CCN(CC(=O)N3CCNC(=O)[C@@H]3CC(=O)Nc3cc(Cl)cc(Cl)c3)CC2)cc1. The molecule has 2 aliphatic heterocycles. The lowest BCUT2D eigenvalue weighted by Crippen LogP contribution is -2.60. The van der Waals surface area contributed by atoms with E-state index in [2.05, 4.69) is 20.4 Å². The van der Waals surface area contributed by atoms with E-state index in [1.54, 1.807) is 25.3 Å². The van der Waals surface area contributed by atoms with E-state index in [0.717, 1.165) is 37.6 Å². The molecule has 2 fully saturated rings. The Morgan fingerprint density at radius 2 is 1.69 bits per heavy atom. The quantitative estimate of drug-likeness (QED) is 0.567. The van der Waals surface area contributed by atoms with Crippen LogP contribution in [0.5, 0.6) is 5.75 Å². The average Bonchev–Trinajstić information content (AvgIpc) is 2.85. The maximum Gasteiger partial charge on any atom is 0.243 e. The monoisotopic (exact) mass is 533 g/mol. The third-order valence-corrected chi connectivity index (χ3v) is 6.78. The largest absolute Gasteiger partial charge is 0.497 e. The van der Waals surface area contributed by atoms with E-state index in [4.69, 9.17) is 27.9 Å². The lowest BCUT2D eigenvalue weighted by atomic mass is 10.1. The summed E-state index contributed by atoms with van der Waals surface area (Å²) in [6, 6.07) is 11.7. The summed E-state index contributed by atoms with van der Waals surface area (Å²) in [6.45, 7) is 3.93. The summed E-state index contributed by atoms with van der Waals surface area (Å²) in [5, 5.41) is 6.24. The topological polar surface area (TPSA) is 94.2 Å². The van der Waals surface area contributed by atoms with Gasteiger partial charge in [-0.2, -0.15) is 0 Å². The molecule has 2 aromatic rings. The van der Waals surface area contributed by atoms with Gasteiger partial charge in [-0.3, -0.25) is 19.3 Å². The van der Waals surface area contributed by atoms with Crippen molar-refractivity contribution in [2.24, 2.45) is 0 Å². The minimum absolute atomic E-state index is 0.160. The fourth-order valence-corrected chi connectivity index (χ4v) is 5.00. The number of nitrogens with one attached hydrogen (secondary N) is 2. The molecule has 0 aromatic heterocycles. The van der Waals surface area contributed by atoms with Crippen molar-refractivity contribution in [3.8, 4) is 5.75 Å². The molecule has 2 aromatic carbocycles. The molecule has 3 amide bonds. The first-order chi connectivity index (χ1) is 17.3. The highest BCUT2D eigenvalue weighted by Gasteiger charge is 2.35. The van der Waals surface area contributed by atoms with Crippen molar-refractivity contribution < 1.29 is 19.1 Å². The van der Waals surface area contributed by atoms with Gasteiger partial charge in [0.15, 0.2) is 0 Å². The number of benzene rings is 2. The number of amides is 3. The number of rotatable bonds is 7. The van der Waals surface area contributed by atoms with Gasteiger partial charge in [-0.15, -0.1) is 0 Å². The second kappa shape index (κ2) is 11.8. The first-order valence-electron chi connectivity index (χ1n) is 11.8. The number of methoxy groups -OCH3 is 1. The molecule has 36 heavy (non-hydrogen) atoms. The van der Waals surface area contributed by atoms with E-state index in [9.17, 15) is 14.4 Å². The fourth-order valence-electron chi connectivity index (χ4n) is 4.47. The summed E-state index contributed by atoms with van der Waals surface area (Å²) < 4.78 is 5.22. The summed E-state index contributed by atoms with van der Waals surface area (Å²) in [6.07, 6.45) is -0.160. The smallest absolute Gasteiger partial charge is 0.243 e. The van der Waals surface area contributed by atoms with Crippen LogP contribution in [0.4, 0.5) is 11.4 Å². The molecular weight excluding hydrogens is 505 g/mol. The Bertz CT molecular complexity index is 1090. The number of hydrogen-bond donors (Lipinski definition) is 2. The van der Waals surface area contributed by atoms with Crippen LogP contribution in [-0.2, 0) is 14.4 Å². The van der Waals surface area contributed by atoms with Crippen molar-refractivity contribution in [2.45, 2.75) is 12.5 Å². The van der Waals surface area contributed by atoms with Crippen LogP contribution in [-0.4, -0.2) is 86.5 Å². The van der Waals surface area contributed by atoms with Gasteiger partial charge >= 0.3 is 0 Å². The summed E-state index contributed by atoms with van der Waals surface area (Å²) in [5.74, 6) is -0.0843. The second-order valence-electron chi connectivity index (χ2n) is 8.77. The zero-order valence-corrected chi connectivity index (χ0v) is 21.5. The predicted octanol–water partition coefficient (Wildman–Crippen LogP) is 2.48. The molecule has 0 spiro atoms.